The van der Waals surface area contributed by atoms with Gasteiger partial charge < -0.3 is 10.2 Å². The fourth-order valence-corrected chi connectivity index (χ4v) is 3.83. The zero-order chi connectivity index (χ0) is 17.4. The number of hydrogen-bond acceptors (Lipinski definition) is 4. The highest BCUT2D eigenvalue weighted by molar-refractivity contribution is 6.30. The second kappa shape index (κ2) is 6.18. The molecule has 1 aliphatic rings. The van der Waals surface area contributed by atoms with E-state index in [9.17, 15) is 15.0 Å². The Morgan fingerprint density at radius 2 is 2.12 bits per heavy atom. The van der Waals surface area contributed by atoms with Crippen LogP contribution in [0.25, 0.3) is 0 Å². The van der Waals surface area contributed by atoms with Crippen LogP contribution in [0.4, 0.5) is 0 Å². The van der Waals surface area contributed by atoms with E-state index in [1.54, 1.807) is 19.1 Å². The first-order chi connectivity index (χ1) is 11.3. The van der Waals surface area contributed by atoms with Gasteiger partial charge in [-0.3, -0.25) is 9.48 Å². The zero-order valence-electron chi connectivity index (χ0n) is 13.4. The van der Waals surface area contributed by atoms with E-state index in [1.807, 2.05) is 12.1 Å². The van der Waals surface area contributed by atoms with Crippen LogP contribution in [0.5, 0.6) is 0 Å². The molecule has 24 heavy (non-hydrogen) atoms. The first-order valence-corrected chi connectivity index (χ1v) is 8.25. The van der Waals surface area contributed by atoms with E-state index in [0.717, 1.165) is 5.56 Å². The van der Waals surface area contributed by atoms with E-state index < -0.39 is 17.0 Å². The molecule has 128 valence electrons. The predicted octanol–water partition coefficient (Wildman–Crippen LogP) is 2.41. The Labute approximate surface area is 145 Å². The van der Waals surface area contributed by atoms with E-state index in [4.69, 9.17) is 11.6 Å². The topological polar surface area (TPSA) is 88.2 Å². The number of carboxylic acids is 1. The van der Waals surface area contributed by atoms with Crippen molar-refractivity contribution in [3.8, 4) is 0 Å². The molecule has 1 saturated carbocycles. The van der Waals surface area contributed by atoms with Crippen LogP contribution in [0, 0.1) is 11.3 Å². The predicted molar refractivity (Wildman–Crippen MR) is 88.6 cm³/mol. The maximum Gasteiger partial charge on any atom is 0.312 e. The van der Waals surface area contributed by atoms with Crippen molar-refractivity contribution >= 4 is 17.6 Å². The van der Waals surface area contributed by atoms with Crippen LogP contribution >= 0.6 is 11.6 Å². The summed E-state index contributed by atoms with van der Waals surface area (Å²) in [5.41, 5.74) is -1.61. The van der Waals surface area contributed by atoms with Crippen molar-refractivity contribution in [2.24, 2.45) is 11.3 Å². The summed E-state index contributed by atoms with van der Waals surface area (Å²) in [5.74, 6) is -1.17. The van der Waals surface area contributed by atoms with Crippen LogP contribution in [0.2, 0.25) is 5.02 Å². The number of nitrogens with zero attached hydrogens (tertiary/aromatic N) is 3. The Morgan fingerprint density at radius 3 is 2.71 bits per heavy atom. The third-order valence-electron chi connectivity index (χ3n) is 5.36. The van der Waals surface area contributed by atoms with Gasteiger partial charge in [0.15, 0.2) is 0 Å². The molecule has 0 saturated heterocycles. The van der Waals surface area contributed by atoms with Gasteiger partial charge in [0.2, 0.25) is 0 Å². The third kappa shape index (κ3) is 2.80. The smallest absolute Gasteiger partial charge is 0.312 e. The van der Waals surface area contributed by atoms with Crippen molar-refractivity contribution in [2.75, 3.05) is 0 Å². The molecule has 1 fully saturated rings. The SMILES string of the molecule is C[C@]1(C(=O)O)CCC(Cc2ccc(Cl)cc2)C1(O)Cn1cncn1. The minimum atomic E-state index is -1.41. The molecule has 2 aromatic rings. The lowest BCUT2D eigenvalue weighted by molar-refractivity contribution is -0.169. The maximum atomic E-state index is 11.9. The van der Waals surface area contributed by atoms with Gasteiger partial charge in [-0.2, -0.15) is 5.10 Å². The summed E-state index contributed by atoms with van der Waals surface area (Å²) in [6.07, 6.45) is 4.52. The number of aliphatic carboxylic acids is 1. The molecular weight excluding hydrogens is 330 g/mol. The summed E-state index contributed by atoms with van der Waals surface area (Å²) in [5, 5.41) is 25.9. The molecule has 0 bridgehead atoms. The average molecular weight is 350 g/mol. The quantitative estimate of drug-likeness (QED) is 0.865. The second-order valence-corrected chi connectivity index (χ2v) is 7.16. The fourth-order valence-electron chi connectivity index (χ4n) is 3.70. The molecule has 1 aliphatic carbocycles. The lowest BCUT2D eigenvalue weighted by Crippen LogP contribution is -2.54. The molecule has 3 atom stereocenters. The van der Waals surface area contributed by atoms with Gasteiger partial charge in [0.05, 0.1) is 12.0 Å². The molecule has 2 unspecified atom stereocenters. The van der Waals surface area contributed by atoms with Crippen molar-refractivity contribution in [2.45, 2.75) is 38.3 Å². The molecule has 1 heterocycles. The summed E-state index contributed by atoms with van der Waals surface area (Å²) in [7, 11) is 0. The van der Waals surface area contributed by atoms with Gasteiger partial charge in [0.25, 0.3) is 0 Å². The Morgan fingerprint density at radius 1 is 1.42 bits per heavy atom. The number of hydrogen-bond donors (Lipinski definition) is 2. The van der Waals surface area contributed by atoms with E-state index in [2.05, 4.69) is 10.1 Å². The van der Waals surface area contributed by atoms with Crippen molar-refractivity contribution in [1.29, 1.82) is 0 Å². The molecule has 2 N–H and O–H groups in total. The first kappa shape index (κ1) is 16.9. The molecule has 0 radical (unpaired) electrons. The van der Waals surface area contributed by atoms with Gasteiger partial charge in [-0.1, -0.05) is 23.7 Å². The Kier molecular flexibility index (Phi) is 4.36. The van der Waals surface area contributed by atoms with Gasteiger partial charge in [0.1, 0.15) is 18.3 Å². The lowest BCUT2D eigenvalue weighted by Gasteiger charge is -2.40. The number of benzene rings is 1. The number of carboxylic acid groups (broad SMARTS) is 1. The van der Waals surface area contributed by atoms with Crippen LogP contribution in [0.1, 0.15) is 25.3 Å². The number of aromatic nitrogens is 3. The fraction of sp³-hybridized carbons (Fsp3) is 0.471. The minimum absolute atomic E-state index is 0.105. The largest absolute Gasteiger partial charge is 0.481 e. The van der Waals surface area contributed by atoms with Gasteiger partial charge in [-0.25, -0.2) is 4.98 Å². The van der Waals surface area contributed by atoms with Crippen LogP contribution < -0.4 is 0 Å². The van der Waals surface area contributed by atoms with Crippen molar-refractivity contribution in [3.63, 3.8) is 0 Å². The Hall–Kier alpha value is -1.92. The first-order valence-electron chi connectivity index (χ1n) is 7.88. The lowest BCUT2D eigenvalue weighted by atomic mass is 9.71. The average Bonchev–Trinajstić information content (AvgIpc) is 3.12. The summed E-state index contributed by atoms with van der Waals surface area (Å²) < 4.78 is 1.50. The minimum Gasteiger partial charge on any atom is -0.481 e. The molecule has 7 heteroatoms. The zero-order valence-corrected chi connectivity index (χ0v) is 14.1. The van der Waals surface area contributed by atoms with Crippen molar-refractivity contribution in [1.82, 2.24) is 14.8 Å². The maximum absolute atomic E-state index is 11.9. The molecule has 0 aliphatic heterocycles. The molecule has 1 aromatic carbocycles. The van der Waals surface area contributed by atoms with Crippen LogP contribution in [0.15, 0.2) is 36.9 Å². The summed E-state index contributed by atoms with van der Waals surface area (Å²) in [4.78, 5) is 15.8. The molecule has 0 amide bonds. The number of aliphatic hydroxyl groups is 1. The highest BCUT2D eigenvalue weighted by atomic mass is 35.5. The van der Waals surface area contributed by atoms with E-state index in [-0.39, 0.29) is 12.5 Å². The third-order valence-corrected chi connectivity index (χ3v) is 5.61. The van der Waals surface area contributed by atoms with Crippen LogP contribution in [-0.2, 0) is 17.8 Å². The van der Waals surface area contributed by atoms with Gasteiger partial charge in [-0.05, 0) is 49.8 Å². The molecule has 6 nitrogen and oxygen atoms in total. The highest BCUT2D eigenvalue weighted by Gasteiger charge is 2.61. The molecule has 0 spiro atoms. The number of rotatable bonds is 5. The second-order valence-electron chi connectivity index (χ2n) is 6.72. The molecule has 3 rings (SSSR count). The van der Waals surface area contributed by atoms with E-state index in [0.29, 0.717) is 24.3 Å². The highest BCUT2D eigenvalue weighted by Crippen LogP contribution is 2.52. The number of halogens is 1. The molecule has 1 aromatic heterocycles. The normalized spacial score (nSPS) is 29.7. The van der Waals surface area contributed by atoms with Gasteiger partial charge >= 0.3 is 5.97 Å². The van der Waals surface area contributed by atoms with Gasteiger partial charge in [0, 0.05) is 5.02 Å². The Balaban J connectivity index is 1.92. The van der Waals surface area contributed by atoms with Gasteiger partial charge in [-0.15, -0.1) is 0 Å². The number of carbonyl (C=O) groups is 1. The van der Waals surface area contributed by atoms with E-state index in [1.165, 1.54) is 17.3 Å². The van der Waals surface area contributed by atoms with Crippen LogP contribution in [0.3, 0.4) is 0 Å². The monoisotopic (exact) mass is 349 g/mol. The van der Waals surface area contributed by atoms with Crippen molar-refractivity contribution < 1.29 is 15.0 Å². The summed E-state index contributed by atoms with van der Waals surface area (Å²) >= 11 is 5.92. The summed E-state index contributed by atoms with van der Waals surface area (Å²) in [6.45, 7) is 1.72. The van der Waals surface area contributed by atoms with E-state index >= 15 is 0 Å². The Bertz CT molecular complexity index is 719. The standard InChI is InChI=1S/C17H20ClN3O3/c1-16(15(22)23)7-6-13(8-12-2-4-14(18)5-3-12)17(16,24)9-21-11-19-10-20-21/h2-5,10-11,13,24H,6-9H2,1H3,(H,22,23)/t13?,16-,17?/m1/s1. The summed E-state index contributed by atoms with van der Waals surface area (Å²) in [6, 6.07) is 7.43. The van der Waals surface area contributed by atoms with Crippen LogP contribution in [-0.4, -0.2) is 36.5 Å². The van der Waals surface area contributed by atoms with Crippen molar-refractivity contribution in [3.05, 3.63) is 47.5 Å². The molecular formula is C17H20ClN3O3.